The molecule has 0 unspecified atom stereocenters. The zero-order chi connectivity index (χ0) is 25.4. The Bertz CT molecular complexity index is 1390. The summed E-state index contributed by atoms with van der Waals surface area (Å²) >= 11 is 0. The van der Waals surface area contributed by atoms with Crippen LogP contribution >= 0.6 is 0 Å². The summed E-state index contributed by atoms with van der Waals surface area (Å²) in [6.07, 6.45) is 3.25. The molecule has 0 saturated carbocycles. The van der Waals surface area contributed by atoms with Crippen molar-refractivity contribution in [3.63, 3.8) is 0 Å². The second-order valence-corrected chi connectivity index (χ2v) is 8.09. The van der Waals surface area contributed by atoms with E-state index < -0.39 is 11.9 Å². The molecule has 0 saturated heterocycles. The number of methoxy groups -OCH3 is 4. The first-order valence-electron chi connectivity index (χ1n) is 11.1. The van der Waals surface area contributed by atoms with Gasteiger partial charge in [0.05, 0.1) is 40.4 Å². The smallest absolute Gasteiger partial charge is 0.306 e. The number of aromatic nitrogens is 1. The minimum absolute atomic E-state index is 0.0332. The van der Waals surface area contributed by atoms with Crippen LogP contribution in [0.3, 0.4) is 0 Å². The molecule has 3 heterocycles. The summed E-state index contributed by atoms with van der Waals surface area (Å²) in [5, 5.41) is 0. The van der Waals surface area contributed by atoms with Gasteiger partial charge in [0.2, 0.25) is 17.4 Å². The number of allylic oxidation sites excluding steroid dienone is 1. The number of ether oxygens (including phenoxy) is 6. The van der Waals surface area contributed by atoms with Gasteiger partial charge >= 0.3 is 5.97 Å². The Kier molecular flexibility index (Phi) is 5.97. The quantitative estimate of drug-likeness (QED) is 0.365. The van der Waals surface area contributed by atoms with E-state index in [1.54, 1.807) is 42.6 Å². The van der Waals surface area contributed by atoms with E-state index in [2.05, 4.69) is 4.98 Å². The third-order valence-corrected chi connectivity index (χ3v) is 6.15. The highest BCUT2D eigenvalue weighted by Crippen LogP contribution is 2.52. The van der Waals surface area contributed by atoms with Crippen LogP contribution in [-0.4, -0.2) is 45.2 Å². The number of pyridine rings is 1. The van der Waals surface area contributed by atoms with Crippen molar-refractivity contribution in [2.45, 2.75) is 12.3 Å². The van der Waals surface area contributed by atoms with Crippen LogP contribution in [0.5, 0.6) is 34.6 Å². The molecule has 1 aromatic heterocycles. The van der Waals surface area contributed by atoms with Crippen LogP contribution in [0.15, 0.2) is 48.4 Å². The number of rotatable bonds is 6. The molecule has 36 heavy (non-hydrogen) atoms. The van der Waals surface area contributed by atoms with Crippen molar-refractivity contribution in [3.8, 4) is 34.6 Å². The van der Waals surface area contributed by atoms with Gasteiger partial charge in [-0.25, -0.2) is 4.98 Å². The van der Waals surface area contributed by atoms with Crippen molar-refractivity contribution < 1.29 is 38.0 Å². The Morgan fingerprint density at radius 3 is 2.44 bits per heavy atom. The van der Waals surface area contributed by atoms with Crippen molar-refractivity contribution in [2.75, 3.05) is 28.4 Å². The average Bonchev–Trinajstić information content (AvgIpc) is 3.22. The fourth-order valence-corrected chi connectivity index (χ4v) is 4.48. The number of Topliss-reactive ketones (excluding diaryl/α,β-unsaturated/α-hetero) is 1. The normalized spacial score (nSPS) is 16.3. The van der Waals surface area contributed by atoms with Gasteiger partial charge in [0.25, 0.3) is 0 Å². The Morgan fingerprint density at radius 2 is 1.78 bits per heavy atom. The first-order valence-corrected chi connectivity index (χ1v) is 11.1. The number of esters is 1. The number of benzene rings is 2. The number of hydrogen-bond donors (Lipinski definition) is 0. The van der Waals surface area contributed by atoms with Crippen molar-refractivity contribution in [1.82, 2.24) is 4.98 Å². The summed E-state index contributed by atoms with van der Waals surface area (Å²) < 4.78 is 33.3. The van der Waals surface area contributed by atoms with E-state index in [9.17, 15) is 9.59 Å². The number of hydrogen-bond acceptors (Lipinski definition) is 9. The predicted octanol–water partition coefficient (Wildman–Crippen LogP) is 4.52. The lowest BCUT2D eigenvalue weighted by Crippen LogP contribution is -2.16. The van der Waals surface area contributed by atoms with Gasteiger partial charge in [-0.3, -0.25) is 9.59 Å². The highest BCUT2D eigenvalue weighted by Gasteiger charge is 2.39. The van der Waals surface area contributed by atoms with Crippen LogP contribution in [0.4, 0.5) is 0 Å². The van der Waals surface area contributed by atoms with E-state index in [1.807, 2.05) is 6.07 Å². The van der Waals surface area contributed by atoms with Crippen LogP contribution < -0.4 is 23.7 Å². The lowest BCUT2D eigenvalue weighted by Gasteiger charge is -2.27. The van der Waals surface area contributed by atoms with E-state index in [0.717, 1.165) is 0 Å². The predicted molar refractivity (Wildman–Crippen MR) is 128 cm³/mol. The van der Waals surface area contributed by atoms with Crippen LogP contribution in [0.1, 0.15) is 39.4 Å². The van der Waals surface area contributed by atoms with E-state index in [4.69, 9.17) is 28.4 Å². The van der Waals surface area contributed by atoms with Crippen LogP contribution in [0.25, 0.3) is 6.08 Å². The van der Waals surface area contributed by atoms with Crippen molar-refractivity contribution in [2.24, 2.45) is 0 Å². The molecule has 2 aromatic carbocycles. The standard InChI is InChI=1S/C27H23NO8/c1-31-20-11-14(12-21(32-2)26(20)34-4)10-19-24(30)16-7-8-18-23(25(16)35-19)17(13-22(29)33-3)15-6-5-9-28-27(15)36-18/h5-12,17H,13H2,1-4H3/b19-10-/t17-/m0/s1. The van der Waals surface area contributed by atoms with Gasteiger partial charge in [-0.1, -0.05) is 6.07 Å². The summed E-state index contributed by atoms with van der Waals surface area (Å²) in [7, 11) is 5.88. The van der Waals surface area contributed by atoms with Gasteiger partial charge in [-0.05, 0) is 42.0 Å². The van der Waals surface area contributed by atoms with E-state index in [0.29, 0.717) is 56.9 Å². The summed E-state index contributed by atoms with van der Waals surface area (Å²) in [4.78, 5) is 29.9. The fourth-order valence-electron chi connectivity index (χ4n) is 4.48. The second-order valence-electron chi connectivity index (χ2n) is 8.09. The SMILES string of the molecule is COC(=O)C[C@H]1c2cccnc2Oc2ccc3c(c21)O/C(=C\c1cc(OC)c(OC)c(OC)c1)C3=O. The van der Waals surface area contributed by atoms with Crippen molar-refractivity contribution in [3.05, 3.63) is 70.6 Å². The summed E-state index contributed by atoms with van der Waals surface area (Å²) in [5.74, 6) is 1.49. The summed E-state index contributed by atoms with van der Waals surface area (Å²) in [6, 6.07) is 10.4. The van der Waals surface area contributed by atoms with Gasteiger partial charge in [0.1, 0.15) is 11.5 Å². The molecule has 3 aromatic rings. The molecule has 0 aliphatic carbocycles. The lowest BCUT2D eigenvalue weighted by molar-refractivity contribution is -0.140. The van der Waals surface area contributed by atoms with Gasteiger partial charge in [0, 0.05) is 23.2 Å². The molecule has 0 amide bonds. The first-order chi connectivity index (χ1) is 17.5. The fraction of sp³-hybridized carbons (Fsp3) is 0.222. The molecule has 0 fully saturated rings. The lowest BCUT2D eigenvalue weighted by atomic mass is 9.85. The maximum Gasteiger partial charge on any atom is 0.306 e. The number of carbonyl (C=O) groups excluding carboxylic acids is 2. The summed E-state index contributed by atoms with van der Waals surface area (Å²) in [6.45, 7) is 0. The molecule has 9 nitrogen and oxygen atoms in total. The van der Waals surface area contributed by atoms with Crippen LogP contribution in [-0.2, 0) is 9.53 Å². The maximum absolute atomic E-state index is 13.3. The molecule has 1 atom stereocenters. The number of ketones is 1. The number of nitrogens with zero attached hydrogens (tertiary/aromatic N) is 1. The monoisotopic (exact) mass is 489 g/mol. The molecule has 0 N–H and O–H groups in total. The Morgan fingerprint density at radius 1 is 1.03 bits per heavy atom. The van der Waals surface area contributed by atoms with Crippen molar-refractivity contribution in [1.29, 1.82) is 0 Å². The largest absolute Gasteiger partial charge is 0.493 e. The third-order valence-electron chi connectivity index (χ3n) is 6.15. The van der Waals surface area contributed by atoms with Gasteiger partial charge in [-0.2, -0.15) is 0 Å². The van der Waals surface area contributed by atoms with Crippen LogP contribution in [0, 0.1) is 0 Å². The van der Waals surface area contributed by atoms with E-state index >= 15 is 0 Å². The minimum Gasteiger partial charge on any atom is -0.493 e. The zero-order valence-electron chi connectivity index (χ0n) is 20.1. The topological polar surface area (TPSA) is 102 Å². The summed E-state index contributed by atoms with van der Waals surface area (Å²) in [5.41, 5.74) is 2.30. The van der Waals surface area contributed by atoms with Gasteiger partial charge < -0.3 is 28.4 Å². The maximum atomic E-state index is 13.3. The zero-order valence-corrected chi connectivity index (χ0v) is 20.1. The number of fused-ring (bicyclic) bond motifs is 4. The number of carbonyl (C=O) groups is 2. The molecule has 0 radical (unpaired) electrons. The van der Waals surface area contributed by atoms with Crippen molar-refractivity contribution >= 4 is 17.8 Å². The van der Waals surface area contributed by atoms with Crippen LogP contribution in [0.2, 0.25) is 0 Å². The highest BCUT2D eigenvalue weighted by atomic mass is 16.5. The average molecular weight is 489 g/mol. The Hall–Kier alpha value is -4.53. The minimum atomic E-state index is -0.465. The highest BCUT2D eigenvalue weighted by molar-refractivity contribution is 6.15. The molecule has 5 rings (SSSR count). The first kappa shape index (κ1) is 23.2. The van der Waals surface area contributed by atoms with Gasteiger partial charge in [-0.15, -0.1) is 0 Å². The molecule has 184 valence electrons. The molecule has 2 aliphatic rings. The molecule has 2 aliphatic heterocycles. The van der Waals surface area contributed by atoms with E-state index in [1.165, 1.54) is 28.4 Å². The Labute approximate surface area is 207 Å². The third kappa shape index (κ3) is 3.78. The van der Waals surface area contributed by atoms with Gasteiger partial charge in [0.15, 0.2) is 17.3 Å². The molecule has 9 heteroatoms. The van der Waals surface area contributed by atoms with E-state index in [-0.39, 0.29) is 18.0 Å². The molecule has 0 spiro atoms. The molecular formula is C27H23NO8. The Balaban J connectivity index is 1.59. The molecule has 0 bridgehead atoms. The second kappa shape index (κ2) is 9.26. The molecular weight excluding hydrogens is 466 g/mol.